The van der Waals surface area contributed by atoms with Gasteiger partial charge in [-0.2, -0.15) is 4.98 Å². The maximum Gasteiger partial charge on any atom is 0.256 e. The largest absolute Gasteiger partial charge is 0.443 e. The third-order valence-corrected chi connectivity index (χ3v) is 6.01. The van der Waals surface area contributed by atoms with Crippen LogP contribution in [-0.2, 0) is 9.84 Å². The van der Waals surface area contributed by atoms with Crippen LogP contribution in [0.25, 0.3) is 11.1 Å². The highest BCUT2D eigenvalue weighted by Gasteiger charge is 2.19. The van der Waals surface area contributed by atoms with E-state index in [-0.39, 0.29) is 11.7 Å². The number of carbonyl (C=O) groups is 1. The maximum atomic E-state index is 12.5. The summed E-state index contributed by atoms with van der Waals surface area (Å²) in [4.78, 5) is 21.3. The number of nitrogens with one attached hydrogen (secondary N) is 1. The number of hydrogen-bond acceptors (Lipinski definition) is 7. The number of amides is 1. The fourth-order valence-electron chi connectivity index (χ4n) is 2.44. The van der Waals surface area contributed by atoms with E-state index in [4.69, 9.17) is 4.42 Å². The van der Waals surface area contributed by atoms with E-state index < -0.39 is 9.84 Å². The summed E-state index contributed by atoms with van der Waals surface area (Å²) in [5.41, 5.74) is 1.72. The molecule has 7 nitrogen and oxygen atoms in total. The number of nitrogens with zero attached hydrogens (tertiary/aromatic N) is 2. The molecule has 0 saturated carbocycles. The van der Waals surface area contributed by atoms with Crippen molar-refractivity contribution in [1.82, 2.24) is 9.97 Å². The Morgan fingerprint density at radius 1 is 1.19 bits per heavy atom. The van der Waals surface area contributed by atoms with Crippen molar-refractivity contribution in [3.8, 4) is 0 Å². The molecule has 1 amide bonds. The van der Waals surface area contributed by atoms with Crippen molar-refractivity contribution in [2.24, 2.45) is 0 Å². The predicted molar refractivity (Wildman–Crippen MR) is 106 cm³/mol. The van der Waals surface area contributed by atoms with Crippen LogP contribution in [0.15, 0.2) is 39.9 Å². The Balaban J connectivity index is 1.95. The van der Waals surface area contributed by atoms with E-state index in [2.05, 4.69) is 15.3 Å². The van der Waals surface area contributed by atoms with Gasteiger partial charge in [-0.05, 0) is 26.0 Å². The zero-order valence-electron chi connectivity index (χ0n) is 15.1. The van der Waals surface area contributed by atoms with Crippen molar-refractivity contribution in [2.75, 3.05) is 23.1 Å². The Kier molecular flexibility index (Phi) is 5.52. The minimum Gasteiger partial charge on any atom is -0.443 e. The minimum absolute atomic E-state index is 0.0149. The number of sulfone groups is 1. The summed E-state index contributed by atoms with van der Waals surface area (Å²) in [5.74, 6) is 1.08. The molecule has 1 aromatic carbocycles. The van der Waals surface area contributed by atoms with E-state index in [0.29, 0.717) is 39.2 Å². The number of rotatable bonds is 6. The van der Waals surface area contributed by atoms with Gasteiger partial charge in [0, 0.05) is 23.1 Å². The average molecular weight is 406 g/mol. The van der Waals surface area contributed by atoms with E-state index >= 15 is 0 Å². The SMILES string of the molecule is Cc1oc2nc(SCCS(C)(=O)=O)nc(NC(=O)c3ccccc3)c2c1C. The van der Waals surface area contributed by atoms with Gasteiger partial charge >= 0.3 is 0 Å². The van der Waals surface area contributed by atoms with Crippen molar-refractivity contribution in [3.63, 3.8) is 0 Å². The molecule has 1 N–H and O–H groups in total. The lowest BCUT2D eigenvalue weighted by Crippen LogP contribution is -2.14. The molecule has 9 heteroatoms. The Bertz CT molecular complexity index is 1090. The van der Waals surface area contributed by atoms with Crippen LogP contribution in [-0.4, -0.2) is 42.1 Å². The second-order valence-electron chi connectivity index (χ2n) is 6.12. The zero-order valence-corrected chi connectivity index (χ0v) is 16.8. The Morgan fingerprint density at radius 3 is 2.56 bits per heavy atom. The molecule has 0 aliphatic carbocycles. The first-order valence-corrected chi connectivity index (χ1v) is 11.2. The molecular formula is C18H19N3O4S2. The fourth-order valence-corrected chi connectivity index (χ4v) is 4.47. The molecule has 27 heavy (non-hydrogen) atoms. The normalized spacial score (nSPS) is 11.7. The first-order valence-electron chi connectivity index (χ1n) is 8.19. The highest BCUT2D eigenvalue weighted by atomic mass is 32.2. The minimum atomic E-state index is -3.07. The zero-order chi connectivity index (χ0) is 19.6. The number of aromatic nitrogens is 2. The molecule has 0 bridgehead atoms. The molecular weight excluding hydrogens is 386 g/mol. The molecule has 0 saturated heterocycles. The molecule has 0 aliphatic heterocycles. The van der Waals surface area contributed by atoms with Crippen LogP contribution in [0.3, 0.4) is 0 Å². The lowest BCUT2D eigenvalue weighted by atomic mass is 10.2. The number of thioether (sulfide) groups is 1. The summed E-state index contributed by atoms with van der Waals surface area (Å²) in [7, 11) is -3.07. The number of benzene rings is 1. The van der Waals surface area contributed by atoms with Crippen LogP contribution < -0.4 is 5.32 Å². The second-order valence-corrected chi connectivity index (χ2v) is 9.44. The highest BCUT2D eigenvalue weighted by molar-refractivity contribution is 8.00. The van der Waals surface area contributed by atoms with Crippen molar-refractivity contribution in [2.45, 2.75) is 19.0 Å². The van der Waals surface area contributed by atoms with Gasteiger partial charge < -0.3 is 9.73 Å². The molecule has 0 atom stereocenters. The quantitative estimate of drug-likeness (QED) is 0.496. The fraction of sp³-hybridized carbons (Fsp3) is 0.278. The first-order chi connectivity index (χ1) is 12.7. The molecule has 2 aromatic heterocycles. The van der Waals surface area contributed by atoms with Crippen molar-refractivity contribution in [1.29, 1.82) is 0 Å². The first kappa shape index (κ1) is 19.4. The van der Waals surface area contributed by atoms with Gasteiger partial charge in [0.2, 0.25) is 5.71 Å². The molecule has 3 aromatic rings. The third-order valence-electron chi connectivity index (χ3n) is 3.96. The van der Waals surface area contributed by atoms with Gasteiger partial charge in [-0.3, -0.25) is 4.79 Å². The third kappa shape index (κ3) is 4.67. The second kappa shape index (κ2) is 7.69. The van der Waals surface area contributed by atoms with Crippen LogP contribution in [0, 0.1) is 13.8 Å². The van der Waals surface area contributed by atoms with Gasteiger partial charge in [-0.25, -0.2) is 13.4 Å². The van der Waals surface area contributed by atoms with Gasteiger partial charge in [0.05, 0.1) is 11.1 Å². The lowest BCUT2D eigenvalue weighted by molar-refractivity contribution is 0.102. The standard InChI is InChI=1S/C18H19N3O4S2/c1-11-12(2)25-17-14(11)15(19-16(22)13-7-5-4-6-8-13)20-18(21-17)26-9-10-27(3,23)24/h4-8H,9-10H2,1-3H3,(H,19,20,21,22). The average Bonchev–Trinajstić information content (AvgIpc) is 2.89. The molecule has 142 valence electrons. The van der Waals surface area contributed by atoms with Crippen molar-refractivity contribution in [3.05, 3.63) is 47.2 Å². The van der Waals surface area contributed by atoms with Gasteiger partial charge in [-0.15, -0.1) is 0 Å². The van der Waals surface area contributed by atoms with Crippen LogP contribution in [0.5, 0.6) is 0 Å². The van der Waals surface area contributed by atoms with Crippen molar-refractivity contribution < 1.29 is 17.6 Å². The lowest BCUT2D eigenvalue weighted by Gasteiger charge is -2.08. The molecule has 0 radical (unpaired) electrons. The summed E-state index contributed by atoms with van der Waals surface area (Å²) >= 11 is 1.20. The van der Waals surface area contributed by atoms with Gasteiger partial charge in [-0.1, -0.05) is 30.0 Å². The number of carbonyl (C=O) groups excluding carboxylic acids is 1. The van der Waals surface area contributed by atoms with Crippen LogP contribution >= 0.6 is 11.8 Å². The number of furan rings is 1. The summed E-state index contributed by atoms with van der Waals surface area (Å²) < 4.78 is 28.3. The predicted octanol–water partition coefficient (Wildman–Crippen LogP) is 3.23. The number of aryl methyl sites for hydroxylation is 2. The van der Waals surface area contributed by atoms with Crippen LogP contribution in [0.1, 0.15) is 21.7 Å². The van der Waals surface area contributed by atoms with Crippen LogP contribution in [0.4, 0.5) is 5.82 Å². The van der Waals surface area contributed by atoms with Gasteiger partial charge in [0.15, 0.2) is 5.16 Å². The van der Waals surface area contributed by atoms with Crippen molar-refractivity contribution >= 4 is 44.4 Å². The van der Waals surface area contributed by atoms with E-state index in [1.54, 1.807) is 24.3 Å². The van der Waals surface area contributed by atoms with Crippen LogP contribution in [0.2, 0.25) is 0 Å². The van der Waals surface area contributed by atoms with E-state index in [1.807, 2.05) is 19.9 Å². The van der Waals surface area contributed by atoms with E-state index in [0.717, 1.165) is 5.56 Å². The maximum absolute atomic E-state index is 12.5. The summed E-state index contributed by atoms with van der Waals surface area (Å²) in [6.07, 6.45) is 1.18. The Labute approximate surface area is 161 Å². The Hall–Kier alpha value is -2.39. The summed E-state index contributed by atoms with van der Waals surface area (Å²) in [6, 6.07) is 8.82. The molecule has 0 spiro atoms. The monoisotopic (exact) mass is 405 g/mol. The summed E-state index contributed by atoms with van der Waals surface area (Å²) in [6.45, 7) is 3.69. The molecule has 3 rings (SSSR count). The van der Waals surface area contributed by atoms with Gasteiger partial charge in [0.25, 0.3) is 5.91 Å². The van der Waals surface area contributed by atoms with E-state index in [1.165, 1.54) is 18.0 Å². The number of anilines is 1. The molecule has 0 fully saturated rings. The molecule has 0 unspecified atom stereocenters. The Morgan fingerprint density at radius 2 is 1.89 bits per heavy atom. The molecule has 0 aliphatic rings. The topological polar surface area (TPSA) is 102 Å². The highest BCUT2D eigenvalue weighted by Crippen LogP contribution is 2.31. The number of hydrogen-bond donors (Lipinski definition) is 1. The summed E-state index contributed by atoms with van der Waals surface area (Å²) in [5, 5.41) is 3.81. The number of fused-ring (bicyclic) bond motifs is 1. The smallest absolute Gasteiger partial charge is 0.256 e. The van der Waals surface area contributed by atoms with E-state index in [9.17, 15) is 13.2 Å². The molecule has 2 heterocycles. The van der Waals surface area contributed by atoms with Gasteiger partial charge in [0.1, 0.15) is 21.4 Å².